The van der Waals surface area contributed by atoms with Crippen molar-refractivity contribution in [2.24, 2.45) is 0 Å². The predicted octanol–water partition coefficient (Wildman–Crippen LogP) is 4.08. The summed E-state index contributed by atoms with van der Waals surface area (Å²) in [5, 5.41) is 14.4. The SMILES string of the molecule is Cc1c(Cl)cccc1NC(=O)/C=C/c1cc([N+](=O)[O-])cc2c1OCOC2. The zero-order valence-corrected chi connectivity index (χ0v) is 14.6. The van der Waals surface area contributed by atoms with Crippen molar-refractivity contribution in [2.75, 3.05) is 12.1 Å². The first-order valence-electron chi connectivity index (χ1n) is 7.71. The Balaban J connectivity index is 1.85. The van der Waals surface area contributed by atoms with Crippen LogP contribution in [0.25, 0.3) is 6.08 Å². The normalized spacial score (nSPS) is 13.2. The van der Waals surface area contributed by atoms with Crippen molar-refractivity contribution in [3.8, 4) is 5.75 Å². The number of non-ortho nitro benzene ring substituents is 1. The number of carbonyl (C=O) groups is 1. The average molecular weight is 375 g/mol. The fourth-order valence-electron chi connectivity index (χ4n) is 2.54. The fourth-order valence-corrected chi connectivity index (χ4v) is 2.72. The van der Waals surface area contributed by atoms with E-state index in [1.54, 1.807) is 25.1 Å². The number of nitro groups is 1. The number of rotatable bonds is 4. The Morgan fingerprint density at radius 1 is 1.38 bits per heavy atom. The van der Waals surface area contributed by atoms with Crippen LogP contribution in [0.1, 0.15) is 16.7 Å². The standard InChI is InChI=1S/C18H15ClN2O5/c1-11-15(19)3-2-4-16(11)20-17(22)6-5-12-7-14(21(23)24)8-13-9-25-10-26-18(12)13/h2-8H,9-10H2,1H3,(H,20,22)/b6-5+. The first kappa shape index (κ1) is 17.9. The molecule has 0 aromatic heterocycles. The second kappa shape index (κ2) is 7.55. The third-order valence-corrected chi connectivity index (χ3v) is 4.28. The number of amides is 1. The zero-order chi connectivity index (χ0) is 18.7. The number of halogens is 1. The molecule has 1 N–H and O–H groups in total. The van der Waals surface area contributed by atoms with Crippen LogP contribution in [-0.2, 0) is 16.1 Å². The van der Waals surface area contributed by atoms with Gasteiger partial charge in [-0.3, -0.25) is 14.9 Å². The minimum absolute atomic E-state index is 0.0551. The van der Waals surface area contributed by atoms with E-state index in [9.17, 15) is 14.9 Å². The van der Waals surface area contributed by atoms with E-state index >= 15 is 0 Å². The molecule has 1 heterocycles. The summed E-state index contributed by atoms with van der Waals surface area (Å²) in [4.78, 5) is 22.8. The van der Waals surface area contributed by atoms with Gasteiger partial charge < -0.3 is 14.8 Å². The van der Waals surface area contributed by atoms with Crippen molar-refractivity contribution in [1.82, 2.24) is 0 Å². The van der Waals surface area contributed by atoms with Gasteiger partial charge in [0.05, 0.1) is 11.5 Å². The van der Waals surface area contributed by atoms with Crippen LogP contribution in [0.15, 0.2) is 36.4 Å². The van der Waals surface area contributed by atoms with Gasteiger partial charge in [0.2, 0.25) is 5.91 Å². The summed E-state index contributed by atoms with van der Waals surface area (Å²) in [7, 11) is 0. The Hall–Kier alpha value is -2.90. The van der Waals surface area contributed by atoms with Gasteiger partial charge in [-0.05, 0) is 30.7 Å². The van der Waals surface area contributed by atoms with Crippen molar-refractivity contribution in [3.63, 3.8) is 0 Å². The van der Waals surface area contributed by atoms with E-state index in [1.807, 2.05) is 0 Å². The molecule has 3 rings (SSSR count). The molecular weight excluding hydrogens is 360 g/mol. The van der Waals surface area contributed by atoms with Gasteiger partial charge in [0.15, 0.2) is 6.79 Å². The molecule has 1 amide bonds. The molecule has 0 radical (unpaired) electrons. The summed E-state index contributed by atoms with van der Waals surface area (Å²) in [6.07, 6.45) is 2.77. The number of nitrogens with zero attached hydrogens (tertiary/aromatic N) is 1. The Morgan fingerprint density at radius 2 is 2.19 bits per heavy atom. The predicted molar refractivity (Wildman–Crippen MR) is 97.2 cm³/mol. The minimum atomic E-state index is -0.498. The van der Waals surface area contributed by atoms with Crippen molar-refractivity contribution < 1.29 is 19.2 Å². The van der Waals surface area contributed by atoms with Crippen molar-refractivity contribution >= 4 is 35.0 Å². The maximum Gasteiger partial charge on any atom is 0.270 e. The summed E-state index contributed by atoms with van der Waals surface area (Å²) < 4.78 is 10.6. The van der Waals surface area contributed by atoms with E-state index in [0.29, 0.717) is 27.6 Å². The molecule has 2 aromatic carbocycles. The first-order valence-corrected chi connectivity index (χ1v) is 8.09. The molecule has 0 unspecified atom stereocenters. The van der Waals surface area contributed by atoms with E-state index in [4.69, 9.17) is 21.1 Å². The number of hydrogen-bond donors (Lipinski definition) is 1. The van der Waals surface area contributed by atoms with Gasteiger partial charge in [-0.15, -0.1) is 0 Å². The molecule has 0 aliphatic carbocycles. The summed E-state index contributed by atoms with van der Waals surface area (Å²) in [6, 6.07) is 7.97. The Morgan fingerprint density at radius 3 is 2.96 bits per heavy atom. The van der Waals surface area contributed by atoms with Crippen LogP contribution < -0.4 is 10.1 Å². The van der Waals surface area contributed by atoms with Crippen LogP contribution >= 0.6 is 11.6 Å². The molecule has 2 aromatic rings. The molecule has 26 heavy (non-hydrogen) atoms. The number of ether oxygens (including phenoxy) is 2. The molecule has 1 aliphatic rings. The molecule has 0 bridgehead atoms. The summed E-state index contributed by atoms with van der Waals surface area (Å²) in [5.41, 5.74) is 2.26. The molecule has 0 saturated carbocycles. The summed E-state index contributed by atoms with van der Waals surface area (Å²) in [6.45, 7) is 2.07. The minimum Gasteiger partial charge on any atom is -0.467 e. The lowest BCUT2D eigenvalue weighted by Crippen LogP contribution is -2.13. The molecule has 0 saturated heterocycles. The van der Waals surface area contributed by atoms with Crippen LogP contribution in [0.5, 0.6) is 5.75 Å². The van der Waals surface area contributed by atoms with Gasteiger partial charge in [0.25, 0.3) is 5.69 Å². The third-order valence-electron chi connectivity index (χ3n) is 3.87. The quantitative estimate of drug-likeness (QED) is 0.494. The van der Waals surface area contributed by atoms with Crippen molar-refractivity contribution in [1.29, 1.82) is 0 Å². The van der Waals surface area contributed by atoms with Crippen LogP contribution in [-0.4, -0.2) is 17.6 Å². The molecule has 0 spiro atoms. The maximum absolute atomic E-state index is 12.2. The monoisotopic (exact) mass is 374 g/mol. The highest BCUT2D eigenvalue weighted by molar-refractivity contribution is 6.31. The van der Waals surface area contributed by atoms with Crippen molar-refractivity contribution in [3.05, 3.63) is 68.2 Å². The summed E-state index contributed by atoms with van der Waals surface area (Å²) >= 11 is 6.04. The van der Waals surface area contributed by atoms with Crippen molar-refractivity contribution in [2.45, 2.75) is 13.5 Å². The maximum atomic E-state index is 12.2. The van der Waals surface area contributed by atoms with Gasteiger partial charge >= 0.3 is 0 Å². The smallest absolute Gasteiger partial charge is 0.270 e. The first-order chi connectivity index (χ1) is 12.5. The number of nitrogens with one attached hydrogen (secondary N) is 1. The summed E-state index contributed by atoms with van der Waals surface area (Å²) in [5.74, 6) is 0.0903. The van der Waals surface area contributed by atoms with E-state index in [-0.39, 0.29) is 25.0 Å². The number of carbonyl (C=O) groups excluding carboxylic acids is 1. The number of fused-ring (bicyclic) bond motifs is 1. The molecule has 0 fully saturated rings. The lowest BCUT2D eigenvalue weighted by molar-refractivity contribution is -0.385. The highest BCUT2D eigenvalue weighted by Gasteiger charge is 2.19. The highest BCUT2D eigenvalue weighted by Crippen LogP contribution is 2.33. The number of hydrogen-bond acceptors (Lipinski definition) is 5. The van der Waals surface area contributed by atoms with Gasteiger partial charge in [0, 0.05) is 40.0 Å². The molecule has 8 heteroatoms. The molecular formula is C18H15ClN2O5. The van der Waals surface area contributed by atoms with Crippen LogP contribution in [0.3, 0.4) is 0 Å². The average Bonchev–Trinajstić information content (AvgIpc) is 2.63. The third kappa shape index (κ3) is 3.84. The fraction of sp³-hybridized carbons (Fsp3) is 0.167. The van der Waals surface area contributed by atoms with Gasteiger partial charge in [-0.25, -0.2) is 0 Å². The number of nitro benzene ring substituents is 1. The number of benzene rings is 2. The topological polar surface area (TPSA) is 90.7 Å². The highest BCUT2D eigenvalue weighted by atomic mass is 35.5. The molecule has 0 atom stereocenters. The zero-order valence-electron chi connectivity index (χ0n) is 13.8. The Kier molecular flexibility index (Phi) is 5.20. The Bertz CT molecular complexity index is 911. The lowest BCUT2D eigenvalue weighted by atomic mass is 10.1. The molecule has 134 valence electrons. The number of anilines is 1. The largest absolute Gasteiger partial charge is 0.467 e. The van der Waals surface area contributed by atoms with E-state index in [0.717, 1.165) is 5.56 Å². The lowest BCUT2D eigenvalue weighted by Gasteiger charge is -2.19. The van der Waals surface area contributed by atoms with Gasteiger partial charge in [-0.1, -0.05) is 17.7 Å². The van der Waals surface area contributed by atoms with Crippen LogP contribution in [0.4, 0.5) is 11.4 Å². The molecule has 1 aliphatic heterocycles. The van der Waals surface area contributed by atoms with E-state index in [2.05, 4.69) is 5.32 Å². The molecule has 7 nitrogen and oxygen atoms in total. The van der Waals surface area contributed by atoms with Gasteiger partial charge in [0.1, 0.15) is 5.75 Å². The second-order valence-electron chi connectivity index (χ2n) is 5.63. The van der Waals surface area contributed by atoms with E-state index in [1.165, 1.54) is 24.3 Å². The van der Waals surface area contributed by atoms with Gasteiger partial charge in [-0.2, -0.15) is 0 Å². The van der Waals surface area contributed by atoms with Crippen LogP contribution in [0.2, 0.25) is 5.02 Å². The Labute approximate surface area is 154 Å². The van der Waals surface area contributed by atoms with E-state index < -0.39 is 4.92 Å². The second-order valence-corrected chi connectivity index (χ2v) is 6.03. The van der Waals surface area contributed by atoms with Crippen LogP contribution in [0, 0.1) is 17.0 Å².